The summed E-state index contributed by atoms with van der Waals surface area (Å²) < 4.78 is 14.5. The van der Waals surface area contributed by atoms with Crippen LogP contribution in [0.3, 0.4) is 0 Å². The van der Waals surface area contributed by atoms with E-state index in [0.29, 0.717) is 23.6 Å². The Labute approximate surface area is 216 Å². The predicted octanol–water partition coefficient (Wildman–Crippen LogP) is 6.09. The fourth-order valence-corrected chi connectivity index (χ4v) is 4.17. The highest BCUT2D eigenvalue weighted by Crippen LogP contribution is 2.24. The molecule has 3 aromatic carbocycles. The van der Waals surface area contributed by atoms with E-state index >= 15 is 0 Å². The zero-order valence-corrected chi connectivity index (χ0v) is 21.3. The van der Waals surface area contributed by atoms with Crippen molar-refractivity contribution in [3.8, 4) is 0 Å². The van der Waals surface area contributed by atoms with Gasteiger partial charge in [0.15, 0.2) is 0 Å². The van der Waals surface area contributed by atoms with Crippen molar-refractivity contribution in [3.05, 3.63) is 105 Å². The summed E-state index contributed by atoms with van der Waals surface area (Å²) in [7, 11) is 0. The molecule has 0 radical (unpaired) electrons. The number of nitrogens with one attached hydrogen (secondary N) is 1. The van der Waals surface area contributed by atoms with E-state index in [2.05, 4.69) is 5.32 Å². The van der Waals surface area contributed by atoms with Gasteiger partial charge >= 0.3 is 0 Å². The predicted molar refractivity (Wildman–Crippen MR) is 139 cm³/mol. The minimum atomic E-state index is -0.828. The van der Waals surface area contributed by atoms with Crippen molar-refractivity contribution in [2.24, 2.45) is 5.92 Å². The van der Waals surface area contributed by atoms with Crippen molar-refractivity contribution in [2.75, 3.05) is 6.54 Å². The monoisotopic (exact) mass is 514 g/mol. The number of halogens is 3. The van der Waals surface area contributed by atoms with Crippen molar-refractivity contribution >= 4 is 35.0 Å². The number of benzene rings is 3. The minimum Gasteiger partial charge on any atom is -0.354 e. The zero-order chi connectivity index (χ0) is 25.4. The second-order valence-electron chi connectivity index (χ2n) is 8.83. The van der Waals surface area contributed by atoms with Crippen LogP contribution in [0.15, 0.2) is 72.8 Å². The summed E-state index contributed by atoms with van der Waals surface area (Å²) in [5.41, 5.74) is 1.69. The average molecular weight is 515 g/mol. The van der Waals surface area contributed by atoms with E-state index in [1.165, 1.54) is 17.0 Å². The molecule has 0 aromatic heterocycles. The number of carbonyl (C=O) groups excluding carboxylic acids is 2. The SMILES string of the molecule is CC(C)CNC(=O)[C@@H](Cc1ccccc1)N(Cc1ccccc1Cl)C(=O)Cc1c(F)cccc1Cl. The molecule has 184 valence electrons. The maximum atomic E-state index is 14.5. The summed E-state index contributed by atoms with van der Waals surface area (Å²) in [4.78, 5) is 28.6. The molecule has 0 heterocycles. The van der Waals surface area contributed by atoms with Crippen molar-refractivity contribution < 1.29 is 14.0 Å². The third kappa shape index (κ3) is 7.55. The first kappa shape index (κ1) is 26.7. The molecule has 35 heavy (non-hydrogen) atoms. The molecule has 0 aliphatic heterocycles. The zero-order valence-electron chi connectivity index (χ0n) is 19.8. The quantitative estimate of drug-likeness (QED) is 0.356. The van der Waals surface area contributed by atoms with E-state index in [0.717, 1.165) is 5.56 Å². The van der Waals surface area contributed by atoms with E-state index in [9.17, 15) is 14.0 Å². The topological polar surface area (TPSA) is 49.4 Å². The van der Waals surface area contributed by atoms with E-state index in [-0.39, 0.29) is 35.4 Å². The Kier molecular flexibility index (Phi) is 9.70. The molecule has 3 rings (SSSR count). The molecule has 2 amide bonds. The highest BCUT2D eigenvalue weighted by atomic mass is 35.5. The van der Waals surface area contributed by atoms with Gasteiger partial charge < -0.3 is 10.2 Å². The number of amides is 2. The maximum Gasteiger partial charge on any atom is 0.243 e. The van der Waals surface area contributed by atoms with Crippen LogP contribution >= 0.6 is 23.2 Å². The summed E-state index contributed by atoms with van der Waals surface area (Å²) in [6, 6.07) is 20.1. The van der Waals surface area contributed by atoms with Crippen LogP contribution in [-0.4, -0.2) is 29.3 Å². The summed E-state index contributed by atoms with van der Waals surface area (Å²) in [6.45, 7) is 4.56. The van der Waals surface area contributed by atoms with Crippen LogP contribution in [0, 0.1) is 11.7 Å². The minimum absolute atomic E-state index is 0.0944. The van der Waals surface area contributed by atoms with Gasteiger partial charge in [-0.1, -0.05) is 91.6 Å². The fraction of sp³-hybridized carbons (Fsp3) is 0.286. The van der Waals surface area contributed by atoms with Crippen LogP contribution in [0.4, 0.5) is 4.39 Å². The van der Waals surface area contributed by atoms with Gasteiger partial charge in [0.1, 0.15) is 11.9 Å². The second kappa shape index (κ2) is 12.7. The lowest BCUT2D eigenvalue weighted by Gasteiger charge is -2.32. The van der Waals surface area contributed by atoms with Gasteiger partial charge in [0, 0.05) is 35.1 Å². The lowest BCUT2D eigenvalue weighted by atomic mass is 10.0. The van der Waals surface area contributed by atoms with Gasteiger partial charge in [0.25, 0.3) is 0 Å². The Hall–Kier alpha value is -2.89. The van der Waals surface area contributed by atoms with E-state index in [1.807, 2.05) is 56.3 Å². The van der Waals surface area contributed by atoms with Crippen molar-refractivity contribution in [3.63, 3.8) is 0 Å². The van der Waals surface area contributed by atoms with Crippen LogP contribution in [-0.2, 0) is 29.0 Å². The van der Waals surface area contributed by atoms with E-state index in [4.69, 9.17) is 23.2 Å². The van der Waals surface area contributed by atoms with Gasteiger partial charge in [0.05, 0.1) is 6.42 Å². The molecule has 1 N–H and O–H groups in total. The highest BCUT2D eigenvalue weighted by Gasteiger charge is 2.31. The molecule has 0 aliphatic carbocycles. The van der Waals surface area contributed by atoms with Crippen molar-refractivity contribution in [1.29, 1.82) is 0 Å². The molecule has 0 aliphatic rings. The smallest absolute Gasteiger partial charge is 0.243 e. The van der Waals surface area contributed by atoms with Gasteiger partial charge in [0.2, 0.25) is 11.8 Å². The lowest BCUT2D eigenvalue weighted by Crippen LogP contribution is -2.51. The van der Waals surface area contributed by atoms with Crippen LogP contribution in [0.2, 0.25) is 10.0 Å². The van der Waals surface area contributed by atoms with Crippen molar-refractivity contribution in [1.82, 2.24) is 10.2 Å². The molecule has 0 spiro atoms. The summed E-state index contributed by atoms with van der Waals surface area (Å²) in [5, 5.41) is 3.61. The molecule has 0 fully saturated rings. The Morgan fingerprint density at radius 1 is 0.914 bits per heavy atom. The summed E-state index contributed by atoms with van der Waals surface area (Å²) >= 11 is 12.6. The Bertz CT molecular complexity index is 1130. The Morgan fingerprint density at radius 3 is 2.23 bits per heavy atom. The molecular weight excluding hydrogens is 486 g/mol. The lowest BCUT2D eigenvalue weighted by molar-refractivity contribution is -0.140. The number of hydrogen-bond acceptors (Lipinski definition) is 2. The van der Waals surface area contributed by atoms with Crippen LogP contribution in [0.25, 0.3) is 0 Å². The van der Waals surface area contributed by atoms with Crippen LogP contribution in [0.5, 0.6) is 0 Å². The van der Waals surface area contributed by atoms with Gasteiger partial charge in [-0.15, -0.1) is 0 Å². The van der Waals surface area contributed by atoms with Crippen LogP contribution < -0.4 is 5.32 Å². The average Bonchev–Trinajstić information content (AvgIpc) is 2.83. The Morgan fingerprint density at radius 2 is 1.57 bits per heavy atom. The number of hydrogen-bond donors (Lipinski definition) is 1. The van der Waals surface area contributed by atoms with E-state index in [1.54, 1.807) is 18.2 Å². The maximum absolute atomic E-state index is 14.5. The first-order chi connectivity index (χ1) is 16.8. The molecule has 0 saturated heterocycles. The molecule has 3 aromatic rings. The largest absolute Gasteiger partial charge is 0.354 e. The van der Waals surface area contributed by atoms with Crippen LogP contribution in [0.1, 0.15) is 30.5 Å². The first-order valence-corrected chi connectivity index (χ1v) is 12.3. The highest BCUT2D eigenvalue weighted by molar-refractivity contribution is 6.31. The van der Waals surface area contributed by atoms with Crippen molar-refractivity contribution in [2.45, 2.75) is 39.3 Å². The second-order valence-corrected chi connectivity index (χ2v) is 9.65. The molecular formula is C28H29Cl2FN2O2. The molecule has 0 bridgehead atoms. The molecule has 0 unspecified atom stereocenters. The molecule has 0 saturated carbocycles. The number of rotatable bonds is 10. The third-order valence-corrected chi connectivity index (χ3v) is 6.37. The number of nitrogens with zero attached hydrogens (tertiary/aromatic N) is 1. The molecule has 1 atom stereocenters. The van der Waals surface area contributed by atoms with Gasteiger partial charge in [-0.05, 0) is 35.2 Å². The molecule has 7 heteroatoms. The third-order valence-electron chi connectivity index (χ3n) is 5.64. The summed E-state index contributed by atoms with van der Waals surface area (Å²) in [5.74, 6) is -1.02. The van der Waals surface area contributed by atoms with Gasteiger partial charge in [-0.2, -0.15) is 0 Å². The molecule has 4 nitrogen and oxygen atoms in total. The standard InChI is InChI=1S/C28H29Cl2FN2O2/c1-19(2)17-32-28(35)26(15-20-9-4-3-5-10-20)33(18-21-11-6-7-12-23(21)29)27(34)16-22-24(30)13-8-14-25(22)31/h3-14,19,26H,15-18H2,1-2H3,(H,32,35)/t26-/m1/s1. The fourth-order valence-electron chi connectivity index (χ4n) is 3.74. The normalized spacial score (nSPS) is 11.8. The van der Waals surface area contributed by atoms with Gasteiger partial charge in [-0.25, -0.2) is 4.39 Å². The first-order valence-electron chi connectivity index (χ1n) is 11.5. The Balaban J connectivity index is 2.01. The summed E-state index contributed by atoms with van der Waals surface area (Å²) in [6.07, 6.45) is 0.0185. The van der Waals surface area contributed by atoms with Gasteiger partial charge in [-0.3, -0.25) is 9.59 Å². The number of carbonyl (C=O) groups is 2. The van der Waals surface area contributed by atoms with E-state index < -0.39 is 17.8 Å².